The fourth-order valence-electron chi connectivity index (χ4n) is 3.23. The van der Waals surface area contributed by atoms with Crippen LogP contribution in [0, 0.1) is 11.8 Å². The van der Waals surface area contributed by atoms with Crippen molar-refractivity contribution in [3.63, 3.8) is 0 Å². The molecular formula is C10H15NO3. The number of likely N-dealkylation sites (tertiary alicyclic amines) is 1. The lowest BCUT2D eigenvalue weighted by molar-refractivity contribution is -0.133. The Balaban J connectivity index is 1.84. The van der Waals surface area contributed by atoms with Crippen molar-refractivity contribution in [1.82, 2.24) is 4.90 Å². The quantitative estimate of drug-likeness (QED) is 0.587. The summed E-state index contributed by atoms with van der Waals surface area (Å²) in [6.07, 6.45) is 0. The summed E-state index contributed by atoms with van der Waals surface area (Å²) in [6, 6.07) is 0.0121. The molecule has 1 spiro atoms. The topological polar surface area (TPSA) is 38.8 Å². The molecule has 0 radical (unpaired) electrons. The lowest BCUT2D eigenvalue weighted by Crippen LogP contribution is -2.41. The van der Waals surface area contributed by atoms with E-state index in [0.717, 1.165) is 6.54 Å². The molecule has 3 rings (SSSR count). The molecule has 0 amide bonds. The number of nitrogens with zero attached hydrogens (tertiary/aromatic N) is 1. The Labute approximate surface area is 83.2 Å². The standard InChI is InChI=1S/C10H15NO3/c1-6(12)9-8-7(5-11(9)2)10(8)13-3-4-14-10/h7-9H,3-5H2,1-2H3/t7-,8-,9+/m0/s1. The molecule has 0 unspecified atom stereocenters. The van der Waals surface area contributed by atoms with E-state index in [-0.39, 0.29) is 23.5 Å². The molecule has 3 aliphatic rings. The van der Waals surface area contributed by atoms with E-state index in [0.29, 0.717) is 19.1 Å². The Bertz CT molecular complexity index is 285. The van der Waals surface area contributed by atoms with E-state index in [4.69, 9.17) is 9.47 Å². The molecule has 0 bridgehead atoms. The van der Waals surface area contributed by atoms with Crippen molar-refractivity contribution < 1.29 is 14.3 Å². The number of piperidine rings is 1. The van der Waals surface area contributed by atoms with Crippen molar-refractivity contribution in [2.75, 3.05) is 26.8 Å². The van der Waals surface area contributed by atoms with Crippen molar-refractivity contribution in [2.24, 2.45) is 11.8 Å². The summed E-state index contributed by atoms with van der Waals surface area (Å²) in [5.41, 5.74) is 0. The van der Waals surface area contributed by atoms with Gasteiger partial charge in [-0.2, -0.15) is 0 Å². The van der Waals surface area contributed by atoms with Crippen LogP contribution in [-0.4, -0.2) is 49.3 Å². The maximum Gasteiger partial charge on any atom is 0.178 e. The molecular weight excluding hydrogens is 182 g/mol. The molecule has 78 valence electrons. The first-order valence-corrected chi connectivity index (χ1v) is 5.15. The number of likely N-dealkylation sites (N-methyl/N-ethyl adjacent to an activating group) is 1. The summed E-state index contributed by atoms with van der Waals surface area (Å²) in [4.78, 5) is 13.6. The van der Waals surface area contributed by atoms with Crippen LogP contribution in [0.1, 0.15) is 6.92 Å². The third-order valence-electron chi connectivity index (χ3n) is 3.76. The second-order valence-corrected chi connectivity index (χ2v) is 4.55. The highest BCUT2D eigenvalue weighted by atomic mass is 16.7. The van der Waals surface area contributed by atoms with Gasteiger partial charge in [0.2, 0.25) is 0 Å². The highest BCUT2D eigenvalue weighted by molar-refractivity contribution is 5.83. The molecule has 3 atom stereocenters. The number of ether oxygens (including phenoxy) is 2. The minimum Gasteiger partial charge on any atom is -0.347 e. The van der Waals surface area contributed by atoms with Crippen LogP contribution in [0.4, 0.5) is 0 Å². The molecule has 0 aromatic rings. The van der Waals surface area contributed by atoms with Crippen molar-refractivity contribution in [3.05, 3.63) is 0 Å². The summed E-state index contributed by atoms with van der Waals surface area (Å²) in [5, 5.41) is 0. The summed E-state index contributed by atoms with van der Waals surface area (Å²) in [7, 11) is 2.00. The van der Waals surface area contributed by atoms with Crippen molar-refractivity contribution in [1.29, 1.82) is 0 Å². The molecule has 0 aromatic heterocycles. The Kier molecular flexibility index (Phi) is 1.62. The Hall–Kier alpha value is -0.450. The minimum atomic E-state index is -0.372. The number of ketones is 1. The number of fused-ring (bicyclic) bond motifs is 3. The van der Waals surface area contributed by atoms with Crippen molar-refractivity contribution in [2.45, 2.75) is 18.8 Å². The maximum absolute atomic E-state index is 11.5. The van der Waals surface area contributed by atoms with Crippen LogP contribution in [0.25, 0.3) is 0 Å². The lowest BCUT2D eigenvalue weighted by atomic mass is 10.1. The molecule has 1 aliphatic carbocycles. The zero-order valence-corrected chi connectivity index (χ0v) is 8.53. The fraction of sp³-hybridized carbons (Fsp3) is 0.900. The van der Waals surface area contributed by atoms with Gasteiger partial charge in [-0.1, -0.05) is 0 Å². The highest BCUT2D eigenvalue weighted by Crippen LogP contribution is 2.62. The molecule has 2 saturated heterocycles. The van der Waals surface area contributed by atoms with Gasteiger partial charge in [0.15, 0.2) is 5.79 Å². The number of carbonyl (C=O) groups is 1. The molecule has 14 heavy (non-hydrogen) atoms. The van der Waals surface area contributed by atoms with Crippen molar-refractivity contribution in [3.8, 4) is 0 Å². The van der Waals surface area contributed by atoms with Crippen LogP contribution in [0.2, 0.25) is 0 Å². The van der Waals surface area contributed by atoms with Crippen LogP contribution < -0.4 is 0 Å². The number of Topliss-reactive ketones (excluding diaryl/α,β-unsaturated/α-hetero) is 1. The summed E-state index contributed by atoms with van der Waals surface area (Å²) in [5.74, 6) is 0.565. The van der Waals surface area contributed by atoms with E-state index in [9.17, 15) is 4.79 Å². The van der Waals surface area contributed by atoms with Gasteiger partial charge in [-0.25, -0.2) is 0 Å². The van der Waals surface area contributed by atoms with Crippen LogP contribution >= 0.6 is 0 Å². The molecule has 2 heterocycles. The number of carbonyl (C=O) groups excluding carboxylic acids is 1. The molecule has 0 N–H and O–H groups in total. The average Bonchev–Trinajstić information content (AvgIpc) is 2.56. The van der Waals surface area contributed by atoms with Gasteiger partial charge < -0.3 is 9.47 Å². The van der Waals surface area contributed by atoms with E-state index < -0.39 is 0 Å². The molecule has 2 aliphatic heterocycles. The van der Waals surface area contributed by atoms with Gasteiger partial charge in [0.25, 0.3) is 0 Å². The van der Waals surface area contributed by atoms with Crippen LogP contribution in [0.5, 0.6) is 0 Å². The van der Waals surface area contributed by atoms with E-state index in [1.807, 2.05) is 7.05 Å². The molecule has 4 heteroatoms. The smallest absolute Gasteiger partial charge is 0.178 e. The first-order valence-electron chi connectivity index (χ1n) is 5.15. The highest BCUT2D eigenvalue weighted by Gasteiger charge is 2.76. The monoisotopic (exact) mass is 197 g/mol. The maximum atomic E-state index is 11.5. The minimum absolute atomic E-state index is 0.0121. The van der Waals surface area contributed by atoms with Gasteiger partial charge >= 0.3 is 0 Å². The fourth-order valence-corrected chi connectivity index (χ4v) is 3.23. The van der Waals surface area contributed by atoms with Gasteiger partial charge in [-0.15, -0.1) is 0 Å². The first-order chi connectivity index (χ1) is 6.67. The number of hydrogen-bond donors (Lipinski definition) is 0. The largest absolute Gasteiger partial charge is 0.347 e. The Morgan fingerprint density at radius 2 is 2.07 bits per heavy atom. The lowest BCUT2D eigenvalue weighted by Gasteiger charge is -2.25. The van der Waals surface area contributed by atoms with Gasteiger partial charge in [0, 0.05) is 18.4 Å². The Morgan fingerprint density at radius 1 is 1.43 bits per heavy atom. The van der Waals surface area contributed by atoms with Crippen LogP contribution in [0.15, 0.2) is 0 Å². The molecule has 0 aromatic carbocycles. The number of rotatable bonds is 1. The number of hydrogen-bond acceptors (Lipinski definition) is 4. The van der Waals surface area contributed by atoms with Gasteiger partial charge in [-0.05, 0) is 14.0 Å². The van der Waals surface area contributed by atoms with Gasteiger partial charge in [0.05, 0.1) is 19.3 Å². The third-order valence-corrected chi connectivity index (χ3v) is 3.76. The van der Waals surface area contributed by atoms with Crippen molar-refractivity contribution >= 4 is 5.78 Å². The Morgan fingerprint density at radius 3 is 2.64 bits per heavy atom. The van der Waals surface area contributed by atoms with Crippen LogP contribution in [0.3, 0.4) is 0 Å². The predicted molar refractivity (Wildman–Crippen MR) is 48.7 cm³/mol. The normalized spacial score (nSPS) is 44.3. The first kappa shape index (κ1) is 8.83. The summed E-state index contributed by atoms with van der Waals surface area (Å²) in [6.45, 7) is 3.95. The molecule has 1 saturated carbocycles. The van der Waals surface area contributed by atoms with E-state index in [1.54, 1.807) is 6.92 Å². The predicted octanol–water partition coefficient (Wildman–Crippen LogP) is -0.122. The molecule has 4 nitrogen and oxygen atoms in total. The van der Waals surface area contributed by atoms with Gasteiger partial charge in [-0.3, -0.25) is 9.69 Å². The van der Waals surface area contributed by atoms with Crippen LogP contribution in [-0.2, 0) is 14.3 Å². The zero-order chi connectivity index (χ0) is 9.92. The SMILES string of the molecule is CC(=O)[C@@H]1[C@@H]2[C@H](CN1C)C21OCCO1. The van der Waals surface area contributed by atoms with Gasteiger partial charge in [0.1, 0.15) is 5.78 Å². The zero-order valence-electron chi connectivity index (χ0n) is 8.53. The third kappa shape index (κ3) is 0.865. The van der Waals surface area contributed by atoms with E-state index in [1.165, 1.54) is 0 Å². The average molecular weight is 197 g/mol. The van der Waals surface area contributed by atoms with E-state index >= 15 is 0 Å². The molecule has 3 fully saturated rings. The summed E-state index contributed by atoms with van der Waals surface area (Å²) >= 11 is 0. The second kappa shape index (κ2) is 2.56. The second-order valence-electron chi connectivity index (χ2n) is 4.55. The van der Waals surface area contributed by atoms with E-state index in [2.05, 4.69) is 4.90 Å². The summed E-state index contributed by atoms with van der Waals surface area (Å²) < 4.78 is 11.3.